The van der Waals surface area contributed by atoms with Gasteiger partial charge in [0, 0.05) is 12.2 Å². The second kappa shape index (κ2) is 8.17. The maximum Gasteiger partial charge on any atom is 0.278 e. The van der Waals surface area contributed by atoms with E-state index < -0.39 is 0 Å². The molecule has 5 nitrogen and oxygen atoms in total. The van der Waals surface area contributed by atoms with Crippen LogP contribution in [0.15, 0.2) is 60.9 Å². The molecule has 1 aromatic heterocycles. The van der Waals surface area contributed by atoms with Crippen LogP contribution in [0, 0.1) is 0 Å². The molecule has 0 aliphatic carbocycles. The third kappa shape index (κ3) is 3.95. The lowest BCUT2D eigenvalue weighted by atomic mass is 10.2. The quantitative estimate of drug-likeness (QED) is 0.654. The molecule has 0 fully saturated rings. The lowest BCUT2D eigenvalue weighted by Crippen LogP contribution is -2.31. The number of nitrogens with zero attached hydrogens (tertiary/aromatic N) is 3. The number of halogens is 2. The van der Waals surface area contributed by atoms with Crippen LogP contribution in [-0.4, -0.2) is 22.4 Å². The molecule has 0 saturated carbocycles. The Kier molecular flexibility index (Phi) is 5.71. The van der Waals surface area contributed by atoms with Crippen molar-refractivity contribution in [1.29, 1.82) is 0 Å². The van der Waals surface area contributed by atoms with E-state index in [4.69, 9.17) is 23.2 Å². The molecule has 0 aliphatic rings. The maximum absolute atomic E-state index is 12.7. The summed E-state index contributed by atoms with van der Waals surface area (Å²) in [7, 11) is 0. The topological polar surface area (TPSA) is 58.1 Å². The summed E-state index contributed by atoms with van der Waals surface area (Å²) in [5, 5.41) is 3.96. The van der Waals surface area contributed by atoms with Crippen molar-refractivity contribution >= 4 is 46.3 Å². The monoisotopic (exact) mass is 386 g/mol. The van der Waals surface area contributed by atoms with Crippen LogP contribution >= 0.6 is 23.2 Å². The van der Waals surface area contributed by atoms with E-state index in [0.29, 0.717) is 28.1 Å². The highest BCUT2D eigenvalue weighted by atomic mass is 35.5. The van der Waals surface area contributed by atoms with Crippen molar-refractivity contribution in [3.8, 4) is 0 Å². The van der Waals surface area contributed by atoms with E-state index in [9.17, 15) is 4.79 Å². The number of amides is 1. The highest BCUT2D eigenvalue weighted by Crippen LogP contribution is 2.31. The van der Waals surface area contributed by atoms with Gasteiger partial charge in [0.1, 0.15) is 11.5 Å². The summed E-state index contributed by atoms with van der Waals surface area (Å²) in [6, 6.07) is 14.6. The minimum absolute atomic E-state index is 0.214. The number of anilines is 3. The van der Waals surface area contributed by atoms with Gasteiger partial charge in [0.2, 0.25) is 0 Å². The first-order valence-electron chi connectivity index (χ1n) is 8.00. The molecule has 0 radical (unpaired) electrons. The predicted molar refractivity (Wildman–Crippen MR) is 106 cm³/mol. The molecule has 0 atom stereocenters. The molecule has 0 unspecified atom stereocenters. The zero-order valence-corrected chi connectivity index (χ0v) is 15.5. The zero-order valence-electron chi connectivity index (χ0n) is 14.0. The summed E-state index contributed by atoms with van der Waals surface area (Å²) in [6.07, 6.45) is 2.91. The summed E-state index contributed by atoms with van der Waals surface area (Å²) in [4.78, 5) is 22.8. The Bertz CT molecular complexity index is 881. The molecule has 2 aromatic carbocycles. The Morgan fingerprint density at radius 1 is 1.00 bits per heavy atom. The maximum atomic E-state index is 12.7. The Labute approximate surface area is 161 Å². The lowest BCUT2D eigenvalue weighted by molar-refractivity contribution is 0.0983. The summed E-state index contributed by atoms with van der Waals surface area (Å²) < 4.78 is 0. The number of rotatable bonds is 5. The van der Waals surface area contributed by atoms with Crippen LogP contribution in [0.3, 0.4) is 0 Å². The Balaban J connectivity index is 1.80. The van der Waals surface area contributed by atoms with Gasteiger partial charge >= 0.3 is 0 Å². The van der Waals surface area contributed by atoms with E-state index in [1.807, 2.05) is 37.3 Å². The molecule has 3 rings (SSSR count). The molecule has 132 valence electrons. The standard InChI is InChI=1S/C19H16Cl2N4O/c1-2-25(13-7-4-3-5-8-13)19(26)16-11-23-17(12-22-16)24-18-14(20)9-6-10-15(18)21/h3-12H,2H2,1H3,(H,23,24). The average Bonchev–Trinajstić information content (AvgIpc) is 2.67. The zero-order chi connectivity index (χ0) is 18.5. The van der Waals surface area contributed by atoms with Gasteiger partial charge in [-0.2, -0.15) is 0 Å². The number of hydrogen-bond donors (Lipinski definition) is 1. The minimum atomic E-state index is -0.214. The van der Waals surface area contributed by atoms with Crippen molar-refractivity contribution in [3.05, 3.63) is 76.7 Å². The number of carbonyl (C=O) groups is 1. The Morgan fingerprint density at radius 3 is 2.27 bits per heavy atom. The second-order valence-electron chi connectivity index (χ2n) is 5.39. The lowest BCUT2D eigenvalue weighted by Gasteiger charge is -2.20. The molecule has 7 heteroatoms. The van der Waals surface area contributed by atoms with E-state index >= 15 is 0 Å². The molecular formula is C19H16Cl2N4O. The van der Waals surface area contributed by atoms with E-state index in [1.165, 1.54) is 12.4 Å². The van der Waals surface area contributed by atoms with Crippen molar-refractivity contribution in [2.45, 2.75) is 6.92 Å². The smallest absolute Gasteiger partial charge is 0.278 e. The molecule has 0 spiro atoms. The fraction of sp³-hybridized carbons (Fsp3) is 0.105. The number of benzene rings is 2. The highest BCUT2D eigenvalue weighted by Gasteiger charge is 2.17. The SMILES string of the molecule is CCN(C(=O)c1cnc(Nc2c(Cl)cccc2Cl)cn1)c1ccccc1. The molecule has 1 amide bonds. The number of para-hydroxylation sites is 2. The van der Waals surface area contributed by atoms with Crippen molar-refractivity contribution in [2.24, 2.45) is 0 Å². The van der Waals surface area contributed by atoms with Gasteiger partial charge < -0.3 is 10.2 Å². The molecule has 0 aliphatic heterocycles. The number of aromatic nitrogens is 2. The van der Waals surface area contributed by atoms with Gasteiger partial charge in [0.15, 0.2) is 0 Å². The first-order chi connectivity index (χ1) is 12.6. The molecule has 0 bridgehead atoms. The van der Waals surface area contributed by atoms with Crippen LogP contribution in [0.2, 0.25) is 10.0 Å². The van der Waals surface area contributed by atoms with Gasteiger partial charge in [-0.3, -0.25) is 4.79 Å². The molecule has 3 aromatic rings. The van der Waals surface area contributed by atoms with E-state index in [1.54, 1.807) is 23.1 Å². The molecule has 26 heavy (non-hydrogen) atoms. The highest BCUT2D eigenvalue weighted by molar-refractivity contribution is 6.39. The molecular weight excluding hydrogens is 371 g/mol. The predicted octanol–water partition coefficient (Wildman–Crippen LogP) is 5.19. The van der Waals surface area contributed by atoms with Crippen LogP contribution in [0.4, 0.5) is 17.2 Å². The third-order valence-electron chi connectivity index (χ3n) is 3.72. The van der Waals surface area contributed by atoms with Crippen molar-refractivity contribution in [2.75, 3.05) is 16.8 Å². The van der Waals surface area contributed by atoms with Crippen LogP contribution in [-0.2, 0) is 0 Å². The van der Waals surface area contributed by atoms with Gasteiger partial charge in [-0.15, -0.1) is 0 Å². The largest absolute Gasteiger partial charge is 0.337 e. The van der Waals surface area contributed by atoms with Crippen LogP contribution in [0.1, 0.15) is 17.4 Å². The summed E-state index contributed by atoms with van der Waals surface area (Å²) in [6.45, 7) is 2.44. The Morgan fingerprint density at radius 2 is 1.69 bits per heavy atom. The fourth-order valence-corrected chi connectivity index (χ4v) is 2.93. The first kappa shape index (κ1) is 18.2. The van der Waals surface area contributed by atoms with Crippen molar-refractivity contribution < 1.29 is 4.79 Å². The van der Waals surface area contributed by atoms with E-state index in [2.05, 4.69) is 15.3 Å². The van der Waals surface area contributed by atoms with Gasteiger partial charge in [-0.25, -0.2) is 9.97 Å². The molecule has 1 N–H and O–H groups in total. The normalized spacial score (nSPS) is 10.4. The average molecular weight is 387 g/mol. The molecule has 0 saturated heterocycles. The number of nitrogens with one attached hydrogen (secondary N) is 1. The molecule has 1 heterocycles. The Hall–Kier alpha value is -2.63. The first-order valence-corrected chi connectivity index (χ1v) is 8.75. The van der Waals surface area contributed by atoms with E-state index in [-0.39, 0.29) is 11.6 Å². The van der Waals surface area contributed by atoms with Gasteiger partial charge in [-0.05, 0) is 31.2 Å². The summed E-state index contributed by atoms with van der Waals surface area (Å²) in [5.74, 6) is 0.229. The second-order valence-corrected chi connectivity index (χ2v) is 6.21. The number of hydrogen-bond acceptors (Lipinski definition) is 4. The van der Waals surface area contributed by atoms with Gasteiger partial charge in [0.25, 0.3) is 5.91 Å². The van der Waals surface area contributed by atoms with Crippen molar-refractivity contribution in [3.63, 3.8) is 0 Å². The van der Waals surface area contributed by atoms with Crippen LogP contribution in [0.25, 0.3) is 0 Å². The van der Waals surface area contributed by atoms with Gasteiger partial charge in [-0.1, -0.05) is 47.5 Å². The fourth-order valence-electron chi connectivity index (χ4n) is 2.44. The third-order valence-corrected chi connectivity index (χ3v) is 4.35. The van der Waals surface area contributed by atoms with Crippen molar-refractivity contribution in [1.82, 2.24) is 9.97 Å². The minimum Gasteiger partial charge on any atom is -0.337 e. The van der Waals surface area contributed by atoms with Gasteiger partial charge in [0.05, 0.1) is 28.1 Å². The summed E-state index contributed by atoms with van der Waals surface area (Å²) >= 11 is 12.3. The van der Waals surface area contributed by atoms with E-state index in [0.717, 1.165) is 5.69 Å². The number of carbonyl (C=O) groups excluding carboxylic acids is 1. The summed E-state index contributed by atoms with van der Waals surface area (Å²) in [5.41, 5.74) is 1.61. The van der Waals surface area contributed by atoms with Crippen LogP contribution in [0.5, 0.6) is 0 Å². The van der Waals surface area contributed by atoms with Crippen LogP contribution < -0.4 is 10.2 Å².